The van der Waals surface area contributed by atoms with E-state index in [1.165, 1.54) is 23.9 Å². The van der Waals surface area contributed by atoms with E-state index in [0.717, 1.165) is 19.5 Å². The molecule has 9 heteroatoms. The zero-order valence-corrected chi connectivity index (χ0v) is 15.4. The number of likely N-dealkylation sites (tertiary alicyclic amines) is 1. The first-order chi connectivity index (χ1) is 12.4. The van der Waals surface area contributed by atoms with Gasteiger partial charge < -0.3 is 9.32 Å². The molecule has 0 bridgehead atoms. The highest BCUT2D eigenvalue weighted by molar-refractivity contribution is 7.99. The molecule has 3 rings (SSSR count). The van der Waals surface area contributed by atoms with Crippen molar-refractivity contribution >= 4 is 23.4 Å². The maximum atomic E-state index is 12.4. The van der Waals surface area contributed by atoms with Crippen LogP contribution in [-0.4, -0.2) is 44.8 Å². The van der Waals surface area contributed by atoms with Crippen molar-refractivity contribution in [3.63, 3.8) is 0 Å². The molecule has 2 atom stereocenters. The summed E-state index contributed by atoms with van der Waals surface area (Å²) < 4.78 is 5.53. The Bertz CT molecular complexity index is 800. The number of non-ortho nitro benzene ring substituents is 1. The number of amides is 1. The van der Waals surface area contributed by atoms with Crippen molar-refractivity contribution in [2.24, 2.45) is 11.8 Å². The Balaban J connectivity index is 1.61. The lowest BCUT2D eigenvalue weighted by molar-refractivity contribution is -0.384. The first-order valence-corrected chi connectivity index (χ1v) is 9.40. The van der Waals surface area contributed by atoms with E-state index in [1.807, 2.05) is 4.90 Å². The molecule has 8 nitrogen and oxygen atoms in total. The van der Waals surface area contributed by atoms with E-state index in [0.29, 0.717) is 17.4 Å². The summed E-state index contributed by atoms with van der Waals surface area (Å²) in [6.07, 6.45) is 1.15. The third-order valence-corrected chi connectivity index (χ3v) is 5.05. The molecule has 1 aliphatic rings. The number of carbonyl (C=O) groups is 1. The van der Waals surface area contributed by atoms with E-state index >= 15 is 0 Å². The van der Waals surface area contributed by atoms with Crippen molar-refractivity contribution in [2.45, 2.75) is 25.5 Å². The van der Waals surface area contributed by atoms with Crippen molar-refractivity contribution < 1.29 is 14.1 Å². The van der Waals surface area contributed by atoms with Gasteiger partial charge in [0.1, 0.15) is 0 Å². The summed E-state index contributed by atoms with van der Waals surface area (Å²) in [4.78, 5) is 24.7. The molecule has 1 amide bonds. The summed E-state index contributed by atoms with van der Waals surface area (Å²) in [6.45, 7) is 5.89. The molecule has 1 aromatic heterocycles. The molecule has 2 aromatic rings. The third kappa shape index (κ3) is 4.40. The van der Waals surface area contributed by atoms with Gasteiger partial charge in [-0.25, -0.2) is 0 Å². The molecule has 0 radical (unpaired) electrons. The van der Waals surface area contributed by atoms with Crippen LogP contribution in [0.15, 0.2) is 33.9 Å². The SMILES string of the molecule is C[C@@H]1C[C@@H](C)CN(C(=O)CSc2nnc(-c3cccc([N+](=O)[O-])c3)o2)C1. The largest absolute Gasteiger partial charge is 0.411 e. The Morgan fingerprint density at radius 1 is 1.35 bits per heavy atom. The number of piperidine rings is 1. The first kappa shape index (κ1) is 18.4. The van der Waals surface area contributed by atoms with Gasteiger partial charge in [0.2, 0.25) is 11.8 Å². The number of benzene rings is 1. The van der Waals surface area contributed by atoms with Gasteiger partial charge in [-0.05, 0) is 24.3 Å². The number of thioether (sulfide) groups is 1. The summed E-state index contributed by atoms with van der Waals surface area (Å²) in [5, 5.41) is 19.0. The average Bonchev–Trinajstić information content (AvgIpc) is 3.08. The molecular weight excluding hydrogens is 356 g/mol. The van der Waals surface area contributed by atoms with E-state index in [4.69, 9.17) is 4.42 Å². The highest BCUT2D eigenvalue weighted by Gasteiger charge is 2.25. The van der Waals surface area contributed by atoms with Crippen molar-refractivity contribution in [2.75, 3.05) is 18.8 Å². The molecule has 0 unspecified atom stereocenters. The van der Waals surface area contributed by atoms with Crippen molar-refractivity contribution in [3.8, 4) is 11.5 Å². The fourth-order valence-corrected chi connectivity index (χ4v) is 3.88. The van der Waals surface area contributed by atoms with Crippen LogP contribution in [0, 0.1) is 22.0 Å². The fraction of sp³-hybridized carbons (Fsp3) is 0.471. The summed E-state index contributed by atoms with van der Waals surface area (Å²) in [7, 11) is 0. The number of rotatable bonds is 5. The van der Waals surface area contributed by atoms with Gasteiger partial charge in [0.25, 0.3) is 10.9 Å². The quantitative estimate of drug-likeness (QED) is 0.448. The lowest BCUT2D eigenvalue weighted by atomic mass is 9.92. The molecule has 0 spiro atoms. The van der Waals surface area contributed by atoms with Crippen LogP contribution in [0.4, 0.5) is 5.69 Å². The van der Waals surface area contributed by atoms with Gasteiger partial charge in [-0.15, -0.1) is 10.2 Å². The predicted molar refractivity (Wildman–Crippen MR) is 96.6 cm³/mol. The maximum Gasteiger partial charge on any atom is 0.277 e. The van der Waals surface area contributed by atoms with Gasteiger partial charge in [-0.2, -0.15) is 0 Å². The van der Waals surface area contributed by atoms with Crippen LogP contribution in [-0.2, 0) is 4.79 Å². The number of nitro benzene ring substituents is 1. The lowest BCUT2D eigenvalue weighted by Gasteiger charge is -2.34. The molecule has 26 heavy (non-hydrogen) atoms. The standard InChI is InChI=1S/C17H20N4O4S/c1-11-6-12(2)9-20(8-11)15(22)10-26-17-19-18-16(25-17)13-4-3-5-14(7-13)21(23)24/h3-5,7,11-12H,6,8-10H2,1-2H3/t11-,12-/m1/s1. The highest BCUT2D eigenvalue weighted by atomic mass is 32.2. The number of nitrogens with zero attached hydrogens (tertiary/aromatic N) is 4. The second-order valence-electron chi connectivity index (χ2n) is 6.71. The van der Waals surface area contributed by atoms with Crippen LogP contribution >= 0.6 is 11.8 Å². The van der Waals surface area contributed by atoms with E-state index in [9.17, 15) is 14.9 Å². The van der Waals surface area contributed by atoms with E-state index in [-0.39, 0.29) is 28.5 Å². The number of aromatic nitrogens is 2. The maximum absolute atomic E-state index is 12.4. The van der Waals surface area contributed by atoms with Crippen LogP contribution < -0.4 is 0 Å². The van der Waals surface area contributed by atoms with E-state index < -0.39 is 4.92 Å². The Kier molecular flexibility index (Phi) is 5.55. The second kappa shape index (κ2) is 7.86. The number of hydrogen-bond donors (Lipinski definition) is 0. The summed E-state index contributed by atoms with van der Waals surface area (Å²) in [5.41, 5.74) is 0.432. The van der Waals surface area contributed by atoms with Crippen molar-refractivity contribution in [3.05, 3.63) is 34.4 Å². The Morgan fingerprint density at radius 2 is 2.08 bits per heavy atom. The second-order valence-corrected chi connectivity index (χ2v) is 7.64. The minimum absolute atomic E-state index is 0.0431. The van der Waals surface area contributed by atoms with Crippen LogP contribution in [0.2, 0.25) is 0 Å². The molecule has 0 saturated carbocycles. The Hall–Kier alpha value is -2.42. The fourth-order valence-electron chi connectivity index (χ4n) is 3.22. The molecule has 1 fully saturated rings. The van der Waals surface area contributed by atoms with Gasteiger partial charge in [0.05, 0.1) is 10.7 Å². The van der Waals surface area contributed by atoms with Gasteiger partial charge in [0, 0.05) is 30.8 Å². The topological polar surface area (TPSA) is 102 Å². The van der Waals surface area contributed by atoms with Gasteiger partial charge in [0.15, 0.2) is 0 Å². The Morgan fingerprint density at radius 3 is 2.77 bits per heavy atom. The molecule has 0 N–H and O–H groups in total. The molecule has 2 heterocycles. The van der Waals surface area contributed by atoms with Gasteiger partial charge >= 0.3 is 0 Å². The van der Waals surface area contributed by atoms with Crippen molar-refractivity contribution in [1.29, 1.82) is 0 Å². The normalized spacial score (nSPS) is 20.2. The van der Waals surface area contributed by atoms with E-state index in [2.05, 4.69) is 24.0 Å². The van der Waals surface area contributed by atoms with Gasteiger partial charge in [-0.3, -0.25) is 14.9 Å². The molecule has 0 aliphatic carbocycles. The lowest BCUT2D eigenvalue weighted by Crippen LogP contribution is -2.43. The minimum Gasteiger partial charge on any atom is -0.411 e. The van der Waals surface area contributed by atoms with Crippen molar-refractivity contribution in [1.82, 2.24) is 15.1 Å². The third-order valence-electron chi connectivity index (χ3n) is 4.25. The molecule has 138 valence electrons. The average molecular weight is 376 g/mol. The summed E-state index contributed by atoms with van der Waals surface area (Å²) in [6, 6.07) is 6.00. The smallest absolute Gasteiger partial charge is 0.277 e. The van der Waals surface area contributed by atoms with E-state index in [1.54, 1.807) is 12.1 Å². The van der Waals surface area contributed by atoms with Gasteiger partial charge in [-0.1, -0.05) is 31.7 Å². The minimum atomic E-state index is -0.477. The number of nitro groups is 1. The number of hydrogen-bond acceptors (Lipinski definition) is 7. The zero-order chi connectivity index (χ0) is 18.7. The van der Waals surface area contributed by atoms with Crippen LogP contribution in [0.3, 0.4) is 0 Å². The van der Waals surface area contributed by atoms with Crippen LogP contribution in [0.25, 0.3) is 11.5 Å². The summed E-state index contributed by atoms with van der Waals surface area (Å²) >= 11 is 1.19. The molecule has 1 aliphatic heterocycles. The predicted octanol–water partition coefficient (Wildman–Crippen LogP) is 3.24. The summed E-state index contributed by atoms with van der Waals surface area (Å²) in [5.74, 6) is 1.51. The highest BCUT2D eigenvalue weighted by Crippen LogP contribution is 2.27. The van der Waals surface area contributed by atoms with Crippen LogP contribution in [0.5, 0.6) is 0 Å². The first-order valence-electron chi connectivity index (χ1n) is 8.41. The van der Waals surface area contributed by atoms with Crippen LogP contribution in [0.1, 0.15) is 20.3 Å². The molecule has 1 aromatic carbocycles. The monoisotopic (exact) mass is 376 g/mol. The molecular formula is C17H20N4O4S. The number of carbonyl (C=O) groups excluding carboxylic acids is 1. The molecule has 1 saturated heterocycles. The zero-order valence-electron chi connectivity index (χ0n) is 14.6. The Labute approximate surface area is 155 Å².